The Balaban J connectivity index is 1.45. The molecule has 2 aliphatic heterocycles. The highest BCUT2D eigenvalue weighted by atomic mass is 32.2. The predicted octanol–water partition coefficient (Wildman–Crippen LogP) is 4.38. The van der Waals surface area contributed by atoms with Gasteiger partial charge in [0.05, 0.1) is 24.9 Å². The van der Waals surface area contributed by atoms with Crippen LogP contribution in [0.3, 0.4) is 0 Å². The molecule has 9 heteroatoms. The fourth-order valence-corrected chi connectivity index (χ4v) is 5.56. The lowest BCUT2D eigenvalue weighted by atomic mass is 10.0. The minimum Gasteiger partial charge on any atom is -0.379 e. The van der Waals surface area contributed by atoms with Crippen LogP contribution >= 0.6 is 24.0 Å². The topological polar surface area (TPSA) is 54.7 Å². The molecule has 0 spiro atoms. The Kier molecular flexibility index (Phi) is 6.30. The van der Waals surface area contributed by atoms with E-state index in [0.29, 0.717) is 11.6 Å². The summed E-state index contributed by atoms with van der Waals surface area (Å²) in [5.74, 6) is 0.646. The molecule has 0 unspecified atom stereocenters. The van der Waals surface area contributed by atoms with Crippen molar-refractivity contribution in [2.45, 2.75) is 42.7 Å². The van der Waals surface area contributed by atoms with Gasteiger partial charge in [-0.25, -0.2) is 13.9 Å². The summed E-state index contributed by atoms with van der Waals surface area (Å²) in [7, 11) is 0. The molecule has 32 heavy (non-hydrogen) atoms. The SMILES string of the molecule is CSc1ccc(F)cc1[C@H]1CCCN1c1ccc2ncc(C(=S)N[C@@H]3CCCOC3)n2n1. The van der Waals surface area contributed by atoms with Crippen LogP contribution in [-0.4, -0.2) is 51.6 Å². The van der Waals surface area contributed by atoms with Crippen molar-refractivity contribution in [3.63, 3.8) is 0 Å². The van der Waals surface area contributed by atoms with Crippen LogP contribution in [0.5, 0.6) is 0 Å². The van der Waals surface area contributed by atoms with Gasteiger partial charge in [-0.2, -0.15) is 0 Å². The van der Waals surface area contributed by atoms with E-state index in [-0.39, 0.29) is 17.9 Å². The summed E-state index contributed by atoms with van der Waals surface area (Å²) in [5.41, 5.74) is 2.55. The molecule has 0 bridgehead atoms. The first-order valence-corrected chi connectivity index (χ1v) is 12.6. The molecule has 2 atom stereocenters. The fraction of sp³-hybridized carbons (Fsp3) is 0.435. The lowest BCUT2D eigenvalue weighted by Crippen LogP contribution is -2.40. The van der Waals surface area contributed by atoms with Crippen LogP contribution < -0.4 is 10.2 Å². The van der Waals surface area contributed by atoms with Gasteiger partial charge in [-0.3, -0.25) is 0 Å². The molecule has 4 heterocycles. The van der Waals surface area contributed by atoms with Crippen LogP contribution in [0.1, 0.15) is 43.0 Å². The Morgan fingerprint density at radius 1 is 1.25 bits per heavy atom. The largest absolute Gasteiger partial charge is 0.379 e. The van der Waals surface area contributed by atoms with Gasteiger partial charge >= 0.3 is 0 Å². The zero-order chi connectivity index (χ0) is 22.1. The van der Waals surface area contributed by atoms with Crippen molar-refractivity contribution in [1.29, 1.82) is 0 Å². The minimum atomic E-state index is -0.201. The molecule has 168 valence electrons. The number of ether oxygens (including phenoxy) is 1. The van der Waals surface area contributed by atoms with Crippen LogP contribution in [0.15, 0.2) is 41.4 Å². The summed E-state index contributed by atoms with van der Waals surface area (Å²) in [6.45, 7) is 2.35. The second-order valence-corrected chi connectivity index (χ2v) is 9.49. The number of imidazole rings is 1. The zero-order valence-electron chi connectivity index (χ0n) is 18.0. The molecular formula is C23H26FN5OS2. The Morgan fingerprint density at radius 3 is 2.97 bits per heavy atom. The number of thiocarbonyl (C=S) groups is 1. The number of nitrogens with one attached hydrogen (secondary N) is 1. The highest BCUT2D eigenvalue weighted by molar-refractivity contribution is 7.98. The molecule has 5 rings (SSSR count). The van der Waals surface area contributed by atoms with Gasteiger partial charge in [0.2, 0.25) is 0 Å². The Morgan fingerprint density at radius 2 is 2.16 bits per heavy atom. The molecule has 0 aliphatic carbocycles. The van der Waals surface area contributed by atoms with E-state index in [2.05, 4.69) is 15.2 Å². The van der Waals surface area contributed by atoms with Gasteiger partial charge in [-0.1, -0.05) is 12.2 Å². The van der Waals surface area contributed by atoms with Crippen molar-refractivity contribution in [3.8, 4) is 0 Å². The molecule has 0 radical (unpaired) electrons. The lowest BCUT2D eigenvalue weighted by molar-refractivity contribution is 0.0766. The first kappa shape index (κ1) is 21.6. The van der Waals surface area contributed by atoms with E-state index < -0.39 is 0 Å². The van der Waals surface area contributed by atoms with Crippen molar-refractivity contribution >= 4 is 40.4 Å². The number of halogens is 1. The molecule has 2 aromatic heterocycles. The average Bonchev–Trinajstić information content (AvgIpc) is 3.46. The fourth-order valence-electron chi connectivity index (χ4n) is 4.62. The monoisotopic (exact) mass is 471 g/mol. The average molecular weight is 472 g/mol. The number of rotatable bonds is 5. The summed E-state index contributed by atoms with van der Waals surface area (Å²) in [5, 5.41) is 8.31. The van der Waals surface area contributed by atoms with Gasteiger partial charge in [-0.05, 0) is 67.8 Å². The number of anilines is 1. The third-order valence-electron chi connectivity index (χ3n) is 6.17. The summed E-state index contributed by atoms with van der Waals surface area (Å²) in [6, 6.07) is 9.34. The number of fused-ring (bicyclic) bond motifs is 1. The Bertz CT molecular complexity index is 1130. The van der Waals surface area contributed by atoms with Crippen molar-refractivity contribution in [3.05, 3.63) is 53.6 Å². The van der Waals surface area contributed by atoms with Gasteiger partial charge in [0.1, 0.15) is 22.3 Å². The summed E-state index contributed by atoms with van der Waals surface area (Å²) in [4.78, 5) is 8.49. The molecule has 2 fully saturated rings. The minimum absolute atomic E-state index is 0.0922. The maximum absolute atomic E-state index is 14.1. The third-order valence-corrected chi connectivity index (χ3v) is 7.31. The molecular weight excluding hydrogens is 445 g/mol. The molecule has 2 saturated heterocycles. The lowest BCUT2D eigenvalue weighted by Gasteiger charge is -2.27. The molecule has 3 aromatic rings. The smallest absolute Gasteiger partial charge is 0.154 e. The number of aromatic nitrogens is 3. The van der Waals surface area contributed by atoms with E-state index in [1.807, 2.05) is 29.0 Å². The first-order valence-electron chi connectivity index (χ1n) is 11.0. The molecule has 1 aromatic carbocycles. The number of benzene rings is 1. The van der Waals surface area contributed by atoms with Gasteiger partial charge in [0, 0.05) is 18.0 Å². The number of hydrogen-bond donors (Lipinski definition) is 1. The van der Waals surface area contributed by atoms with E-state index in [1.54, 1.807) is 24.0 Å². The predicted molar refractivity (Wildman–Crippen MR) is 129 cm³/mol. The highest BCUT2D eigenvalue weighted by Gasteiger charge is 2.30. The standard InChI is InChI=1S/C23H26FN5OS2/c1-32-20-7-6-15(24)12-17(20)18-5-2-10-28(18)22-9-8-21-25-13-19(29(21)27-22)23(31)26-16-4-3-11-30-14-16/h6-9,12-13,16,18H,2-5,10-11,14H2,1H3,(H,26,31)/t16-,18-/m1/s1. The maximum atomic E-state index is 14.1. The van der Waals surface area contributed by atoms with Gasteiger partial charge in [0.25, 0.3) is 0 Å². The summed E-state index contributed by atoms with van der Waals surface area (Å²) in [6.07, 6.45) is 7.87. The van der Waals surface area contributed by atoms with Crippen molar-refractivity contribution in [1.82, 2.24) is 19.9 Å². The van der Waals surface area contributed by atoms with Crippen LogP contribution in [0.4, 0.5) is 10.2 Å². The van der Waals surface area contributed by atoms with E-state index in [1.165, 1.54) is 6.07 Å². The number of hydrogen-bond acceptors (Lipinski definition) is 6. The van der Waals surface area contributed by atoms with Crippen molar-refractivity contribution in [2.75, 3.05) is 30.9 Å². The van der Waals surface area contributed by atoms with Gasteiger partial charge in [0.15, 0.2) is 5.65 Å². The molecule has 0 amide bonds. The highest BCUT2D eigenvalue weighted by Crippen LogP contribution is 2.39. The van der Waals surface area contributed by atoms with Crippen LogP contribution in [0.25, 0.3) is 5.65 Å². The molecule has 6 nitrogen and oxygen atoms in total. The maximum Gasteiger partial charge on any atom is 0.154 e. The third kappa shape index (κ3) is 4.21. The van der Waals surface area contributed by atoms with Crippen molar-refractivity contribution < 1.29 is 9.13 Å². The van der Waals surface area contributed by atoms with Gasteiger partial charge < -0.3 is 15.0 Å². The van der Waals surface area contributed by atoms with Crippen LogP contribution in [0, 0.1) is 5.82 Å². The van der Waals surface area contributed by atoms with Crippen LogP contribution in [0.2, 0.25) is 0 Å². The normalized spacial score (nSPS) is 21.2. The van der Waals surface area contributed by atoms with Crippen LogP contribution in [-0.2, 0) is 4.74 Å². The summed E-state index contributed by atoms with van der Waals surface area (Å²) < 4.78 is 21.5. The number of thioether (sulfide) groups is 1. The Hall–Kier alpha value is -2.23. The van der Waals surface area contributed by atoms with E-state index in [4.69, 9.17) is 22.1 Å². The second kappa shape index (κ2) is 9.33. The Labute approximate surface area is 196 Å². The van der Waals surface area contributed by atoms with Gasteiger partial charge in [-0.15, -0.1) is 16.9 Å². The second-order valence-electron chi connectivity index (χ2n) is 8.23. The molecule has 0 saturated carbocycles. The van der Waals surface area contributed by atoms with Crippen molar-refractivity contribution in [2.24, 2.45) is 0 Å². The molecule has 2 aliphatic rings. The van der Waals surface area contributed by atoms with E-state index in [0.717, 1.165) is 66.5 Å². The zero-order valence-corrected chi connectivity index (χ0v) is 19.6. The summed E-state index contributed by atoms with van der Waals surface area (Å²) >= 11 is 7.33. The van der Waals surface area contributed by atoms with E-state index in [9.17, 15) is 4.39 Å². The first-order chi connectivity index (χ1) is 15.6. The number of nitrogens with zero attached hydrogens (tertiary/aromatic N) is 4. The molecule has 1 N–H and O–H groups in total. The van der Waals surface area contributed by atoms with E-state index >= 15 is 0 Å². The quantitative estimate of drug-likeness (QED) is 0.438.